The number of carbonyl (C=O) groups is 2. The molecular formula is C19H31N3O5SSi. The molecule has 0 unspecified atom stereocenters. The molecule has 0 aliphatic carbocycles. The third kappa shape index (κ3) is 5.70. The van der Waals surface area contributed by atoms with Gasteiger partial charge < -0.3 is 14.2 Å². The van der Waals surface area contributed by atoms with Crippen molar-refractivity contribution in [1.82, 2.24) is 9.88 Å². The van der Waals surface area contributed by atoms with Crippen LogP contribution in [0.15, 0.2) is 0 Å². The van der Waals surface area contributed by atoms with E-state index in [1.165, 1.54) is 11.3 Å². The Labute approximate surface area is 176 Å². The van der Waals surface area contributed by atoms with Crippen LogP contribution in [-0.4, -0.2) is 61.6 Å². The second-order valence-electron chi connectivity index (χ2n) is 9.70. The first-order valence-electron chi connectivity index (χ1n) is 9.95. The summed E-state index contributed by atoms with van der Waals surface area (Å²) < 4.78 is 16.6. The first-order chi connectivity index (χ1) is 13.4. The number of fused-ring (bicyclic) bond motifs is 4. The molecule has 162 valence electrons. The maximum absolute atomic E-state index is 12.8. The van der Waals surface area contributed by atoms with Gasteiger partial charge in [-0.2, -0.15) is 0 Å². The normalized spacial score (nSPS) is 21.4. The topological polar surface area (TPSA) is 90.0 Å². The average Bonchev–Trinajstić information content (AvgIpc) is 2.93. The van der Waals surface area contributed by atoms with Gasteiger partial charge in [0, 0.05) is 14.5 Å². The molecule has 29 heavy (non-hydrogen) atoms. The van der Waals surface area contributed by atoms with Gasteiger partial charge in [-0.15, -0.1) is 0 Å². The lowest BCUT2D eigenvalue weighted by Gasteiger charge is -2.43. The number of anilines is 1. The van der Waals surface area contributed by atoms with E-state index < -0.39 is 19.8 Å². The molecular weight excluding hydrogens is 410 g/mol. The minimum absolute atomic E-state index is 0.0999. The SMILES string of the molecule is CC(C)(C)OC(=O)Nc1nc2c(s1)[C@@H]1COC[C@H](C2)N1C(=O)OCC[Si](C)(C)C. The number of aromatic nitrogens is 1. The molecule has 2 aliphatic heterocycles. The third-order valence-corrected chi connectivity index (χ3v) is 7.49. The van der Waals surface area contributed by atoms with Crippen LogP contribution in [0.25, 0.3) is 0 Å². The number of rotatable bonds is 4. The van der Waals surface area contributed by atoms with E-state index in [2.05, 4.69) is 29.9 Å². The van der Waals surface area contributed by atoms with Gasteiger partial charge in [0.1, 0.15) is 5.60 Å². The Morgan fingerprint density at radius 2 is 2.03 bits per heavy atom. The Morgan fingerprint density at radius 1 is 1.31 bits per heavy atom. The molecule has 1 saturated heterocycles. The van der Waals surface area contributed by atoms with Crippen LogP contribution in [0.5, 0.6) is 0 Å². The van der Waals surface area contributed by atoms with E-state index in [4.69, 9.17) is 14.2 Å². The fraction of sp³-hybridized carbons (Fsp3) is 0.737. The van der Waals surface area contributed by atoms with Gasteiger partial charge in [0.05, 0.1) is 42.5 Å². The van der Waals surface area contributed by atoms with Crippen molar-refractivity contribution in [1.29, 1.82) is 0 Å². The van der Waals surface area contributed by atoms with Crippen LogP contribution in [0.1, 0.15) is 37.4 Å². The highest BCUT2D eigenvalue weighted by Crippen LogP contribution is 2.41. The van der Waals surface area contributed by atoms with Crippen molar-refractivity contribution in [2.45, 2.75) is 70.6 Å². The molecule has 2 bridgehead atoms. The van der Waals surface area contributed by atoms with Gasteiger partial charge in [0.15, 0.2) is 5.13 Å². The Bertz CT molecular complexity index is 771. The average molecular weight is 442 g/mol. The predicted octanol–water partition coefficient (Wildman–Crippen LogP) is 4.26. The van der Waals surface area contributed by atoms with Gasteiger partial charge in [0.25, 0.3) is 0 Å². The number of hydrogen-bond acceptors (Lipinski definition) is 7. The van der Waals surface area contributed by atoms with Crippen molar-refractivity contribution in [2.75, 3.05) is 25.1 Å². The molecule has 2 amide bonds. The molecule has 2 aliphatic rings. The van der Waals surface area contributed by atoms with Crippen LogP contribution in [0.4, 0.5) is 14.7 Å². The molecule has 3 rings (SSSR count). The molecule has 2 atom stereocenters. The van der Waals surface area contributed by atoms with Gasteiger partial charge in [0.2, 0.25) is 0 Å². The highest BCUT2D eigenvalue weighted by atomic mass is 32.1. The summed E-state index contributed by atoms with van der Waals surface area (Å²) in [4.78, 5) is 32.2. The monoisotopic (exact) mass is 441 g/mol. The summed E-state index contributed by atoms with van der Waals surface area (Å²) >= 11 is 1.36. The molecule has 10 heteroatoms. The zero-order valence-corrected chi connectivity index (χ0v) is 19.9. The van der Waals surface area contributed by atoms with Crippen molar-refractivity contribution in [3.63, 3.8) is 0 Å². The van der Waals surface area contributed by atoms with Crippen LogP contribution in [-0.2, 0) is 20.6 Å². The quantitative estimate of drug-likeness (QED) is 0.702. The Morgan fingerprint density at radius 3 is 2.69 bits per heavy atom. The minimum Gasteiger partial charge on any atom is -0.450 e. The molecule has 1 N–H and O–H groups in total. The van der Waals surface area contributed by atoms with E-state index in [9.17, 15) is 9.59 Å². The lowest BCUT2D eigenvalue weighted by Crippen LogP contribution is -2.54. The lowest BCUT2D eigenvalue weighted by molar-refractivity contribution is -0.0506. The van der Waals surface area contributed by atoms with Gasteiger partial charge in [-0.05, 0) is 26.8 Å². The molecule has 1 fully saturated rings. The molecule has 0 aromatic carbocycles. The summed E-state index contributed by atoms with van der Waals surface area (Å²) in [7, 11) is -1.27. The number of amides is 2. The summed E-state index contributed by atoms with van der Waals surface area (Å²) in [6.07, 6.45) is -0.241. The van der Waals surface area contributed by atoms with Crippen molar-refractivity contribution in [3.05, 3.63) is 10.6 Å². The maximum Gasteiger partial charge on any atom is 0.413 e. The highest BCUT2D eigenvalue weighted by Gasteiger charge is 2.44. The van der Waals surface area contributed by atoms with Crippen molar-refractivity contribution < 1.29 is 23.8 Å². The number of nitrogens with zero attached hydrogens (tertiary/aromatic N) is 2. The van der Waals surface area contributed by atoms with Crippen molar-refractivity contribution in [3.8, 4) is 0 Å². The highest BCUT2D eigenvalue weighted by molar-refractivity contribution is 7.16. The number of carbonyl (C=O) groups excluding carboxylic acids is 2. The van der Waals surface area contributed by atoms with E-state index in [1.807, 2.05) is 20.8 Å². The number of thiazole rings is 1. The summed E-state index contributed by atoms with van der Waals surface area (Å²) in [5, 5.41) is 3.18. The first kappa shape index (κ1) is 22.0. The fourth-order valence-corrected chi connectivity index (χ4v) is 5.10. The van der Waals surface area contributed by atoms with Crippen molar-refractivity contribution in [2.24, 2.45) is 0 Å². The van der Waals surface area contributed by atoms with Crippen LogP contribution in [0, 0.1) is 0 Å². The Balaban J connectivity index is 1.70. The zero-order chi connectivity index (χ0) is 21.4. The van der Waals surface area contributed by atoms with Crippen LogP contribution in [0.2, 0.25) is 25.7 Å². The smallest absolute Gasteiger partial charge is 0.413 e. The molecule has 0 radical (unpaired) electrons. The second kappa shape index (κ2) is 8.23. The molecule has 0 spiro atoms. The number of nitrogens with one attached hydrogen (secondary N) is 1. The molecule has 8 nitrogen and oxygen atoms in total. The van der Waals surface area contributed by atoms with Crippen LogP contribution >= 0.6 is 11.3 Å². The number of hydrogen-bond donors (Lipinski definition) is 1. The van der Waals surface area contributed by atoms with Gasteiger partial charge in [-0.1, -0.05) is 31.0 Å². The fourth-order valence-electron chi connectivity index (χ4n) is 3.32. The van der Waals surface area contributed by atoms with Crippen LogP contribution in [0.3, 0.4) is 0 Å². The maximum atomic E-state index is 12.8. The van der Waals surface area contributed by atoms with E-state index in [0.29, 0.717) is 31.4 Å². The van der Waals surface area contributed by atoms with E-state index in [0.717, 1.165) is 16.6 Å². The third-order valence-electron chi connectivity index (χ3n) is 4.67. The Hall–Kier alpha value is -1.65. The van der Waals surface area contributed by atoms with E-state index in [-0.39, 0.29) is 18.2 Å². The summed E-state index contributed by atoms with van der Waals surface area (Å²) in [5.74, 6) is 0. The minimum atomic E-state index is -1.27. The van der Waals surface area contributed by atoms with Gasteiger partial charge in [-0.25, -0.2) is 14.6 Å². The van der Waals surface area contributed by atoms with E-state index >= 15 is 0 Å². The van der Waals surface area contributed by atoms with Gasteiger partial charge in [-0.3, -0.25) is 10.2 Å². The summed E-state index contributed by atoms with van der Waals surface area (Å²) in [6, 6.07) is 0.606. The number of morpholine rings is 1. The largest absolute Gasteiger partial charge is 0.450 e. The zero-order valence-electron chi connectivity index (χ0n) is 18.0. The first-order valence-corrected chi connectivity index (χ1v) is 14.5. The second-order valence-corrected chi connectivity index (χ2v) is 16.4. The molecule has 1 aromatic rings. The van der Waals surface area contributed by atoms with E-state index in [1.54, 1.807) is 4.90 Å². The van der Waals surface area contributed by atoms with Crippen molar-refractivity contribution >= 4 is 36.7 Å². The standard InChI is InChI=1S/C19H31N3O5SSi/c1-19(2,3)27-17(23)21-16-20-13-9-12-10-25-11-14(15(13)28-16)22(12)18(24)26-7-8-29(4,5)6/h12,14H,7-11H2,1-6H3,(H,20,21,23)/t12-,14-/m0/s1. The number of ether oxygens (including phenoxy) is 3. The molecule has 0 saturated carbocycles. The summed E-state index contributed by atoms with van der Waals surface area (Å²) in [6.45, 7) is 13.5. The molecule has 3 heterocycles. The Kier molecular flexibility index (Phi) is 6.26. The van der Waals surface area contributed by atoms with Gasteiger partial charge >= 0.3 is 12.2 Å². The van der Waals surface area contributed by atoms with Crippen LogP contribution < -0.4 is 5.32 Å². The molecule has 1 aromatic heterocycles. The summed E-state index contributed by atoms with van der Waals surface area (Å²) in [5.41, 5.74) is 0.326. The lowest BCUT2D eigenvalue weighted by atomic mass is 9.97. The predicted molar refractivity (Wildman–Crippen MR) is 114 cm³/mol.